The van der Waals surface area contributed by atoms with Gasteiger partial charge in [0.1, 0.15) is 18.1 Å². The topological polar surface area (TPSA) is 168 Å². The van der Waals surface area contributed by atoms with Crippen LogP contribution >= 0.6 is 19.5 Å². The van der Waals surface area contributed by atoms with Gasteiger partial charge in [-0.25, -0.2) is 14.3 Å². The molecule has 4 N–H and O–H groups in total. The molecule has 3 rings (SSSR count). The van der Waals surface area contributed by atoms with Gasteiger partial charge in [-0.2, -0.15) is 10.1 Å². The number of benzene rings is 1. The Hall–Kier alpha value is -2.44. The number of para-hydroxylation sites is 1. The van der Waals surface area contributed by atoms with Crippen LogP contribution in [0.4, 0.5) is 5.95 Å². The molecule has 0 radical (unpaired) electrons. The summed E-state index contributed by atoms with van der Waals surface area (Å²) in [5.74, 6) is -0.522. The van der Waals surface area contributed by atoms with E-state index in [0.29, 0.717) is 0 Å². The summed E-state index contributed by atoms with van der Waals surface area (Å²) in [7, 11) is -2.83. The molecule has 14 heteroatoms. The lowest BCUT2D eigenvalue weighted by atomic mass is 10.2. The van der Waals surface area contributed by atoms with Gasteiger partial charge in [-0.3, -0.25) is 13.9 Å². The molecule has 0 spiro atoms. The van der Waals surface area contributed by atoms with E-state index in [-0.39, 0.29) is 24.7 Å². The Morgan fingerprint density at radius 3 is 2.81 bits per heavy atom. The number of methoxy groups -OCH3 is 1. The zero-order valence-corrected chi connectivity index (χ0v) is 19.1. The molecule has 1 aliphatic rings. The third-order valence-corrected chi connectivity index (χ3v) is 7.72. The van der Waals surface area contributed by atoms with Gasteiger partial charge >= 0.3 is 19.4 Å². The number of nitrogen functional groups attached to an aromatic ring is 1. The maximum atomic E-state index is 13.4. The van der Waals surface area contributed by atoms with Crippen molar-refractivity contribution in [3.63, 3.8) is 0 Å². The fourth-order valence-electron chi connectivity index (χ4n) is 2.94. The number of aromatic nitrogens is 3. The Balaban J connectivity index is 1.71. The van der Waals surface area contributed by atoms with Gasteiger partial charge in [0.15, 0.2) is 0 Å². The molecule has 2 aromatic rings. The highest BCUT2D eigenvalue weighted by Gasteiger charge is 2.39. The first-order valence-corrected chi connectivity index (χ1v) is 12.1. The lowest BCUT2D eigenvalue weighted by Gasteiger charge is -2.24. The smallest absolute Gasteiger partial charge is 0.459 e. The Labute approximate surface area is 188 Å². The highest BCUT2D eigenvalue weighted by atomic mass is 32.2. The van der Waals surface area contributed by atoms with Gasteiger partial charge in [0.2, 0.25) is 5.95 Å². The molecular weight excluding hydrogens is 461 g/mol. The van der Waals surface area contributed by atoms with E-state index >= 15 is 0 Å². The average molecular weight is 485 g/mol. The largest absolute Gasteiger partial charge is 0.468 e. The zero-order chi connectivity index (χ0) is 23.3. The van der Waals surface area contributed by atoms with E-state index in [2.05, 4.69) is 19.8 Å². The van der Waals surface area contributed by atoms with Crippen molar-refractivity contribution in [3.05, 3.63) is 47.1 Å². The highest BCUT2D eigenvalue weighted by Crippen LogP contribution is 2.48. The predicted octanol–water partition coefficient (Wildman–Crippen LogP) is 0.940. The van der Waals surface area contributed by atoms with Crippen LogP contribution in [-0.4, -0.2) is 56.7 Å². The minimum absolute atomic E-state index is 0.139. The van der Waals surface area contributed by atoms with Crippen LogP contribution in [0.2, 0.25) is 0 Å². The second-order valence-electron chi connectivity index (χ2n) is 6.91. The fourth-order valence-corrected chi connectivity index (χ4v) is 5.98. The van der Waals surface area contributed by atoms with Gasteiger partial charge in [0.05, 0.1) is 30.4 Å². The van der Waals surface area contributed by atoms with Crippen molar-refractivity contribution >= 4 is 31.4 Å². The second-order valence-corrected chi connectivity index (χ2v) is 10.0. The van der Waals surface area contributed by atoms with Crippen LogP contribution in [0.5, 0.6) is 5.75 Å². The van der Waals surface area contributed by atoms with Gasteiger partial charge in [-0.1, -0.05) is 18.2 Å². The standard InChI is InChI=1S/C18H24N5O7PS/c1-11(16(25)28-2)22-31(27,30-12-6-4-3-5-7-12)29-9-14-13(24)8-15(32-14)23-10-20-17(19)21-18(23)26/h3-7,10-11,13-15,24H,8-9H2,1-2H3,(H,22,27)(H2,19,21,26)/t11-,13-,14+,15+,31-/m0/s1. The molecule has 32 heavy (non-hydrogen) atoms. The summed E-state index contributed by atoms with van der Waals surface area (Å²) < 4.78 is 30.4. The number of nitrogens with one attached hydrogen (secondary N) is 1. The normalized spacial score (nSPS) is 23.3. The van der Waals surface area contributed by atoms with Crippen LogP contribution in [0.1, 0.15) is 18.7 Å². The first-order valence-electron chi connectivity index (χ1n) is 9.60. The van der Waals surface area contributed by atoms with Crippen molar-refractivity contribution in [2.24, 2.45) is 0 Å². The number of rotatable bonds is 9. The maximum Gasteiger partial charge on any atom is 0.459 e. The molecule has 1 aliphatic heterocycles. The Kier molecular flexibility index (Phi) is 7.91. The number of aliphatic hydroxyl groups is 1. The van der Waals surface area contributed by atoms with E-state index in [1.807, 2.05) is 0 Å². The van der Waals surface area contributed by atoms with Crippen LogP contribution < -0.4 is 21.0 Å². The van der Waals surface area contributed by atoms with Crippen molar-refractivity contribution < 1.29 is 28.3 Å². The summed E-state index contributed by atoms with van der Waals surface area (Å²) in [6, 6.07) is 7.34. The van der Waals surface area contributed by atoms with Crippen molar-refractivity contribution in [1.82, 2.24) is 19.6 Å². The molecule has 0 saturated carbocycles. The van der Waals surface area contributed by atoms with E-state index in [9.17, 15) is 19.3 Å². The van der Waals surface area contributed by atoms with Gasteiger partial charge in [-0.05, 0) is 19.1 Å². The third-order valence-electron chi connectivity index (χ3n) is 4.54. The maximum absolute atomic E-state index is 13.4. The number of ether oxygens (including phenoxy) is 1. The monoisotopic (exact) mass is 485 g/mol. The summed E-state index contributed by atoms with van der Waals surface area (Å²) in [5.41, 5.74) is 4.83. The van der Waals surface area contributed by atoms with E-state index in [1.165, 1.54) is 36.7 Å². The van der Waals surface area contributed by atoms with Crippen LogP contribution in [0.25, 0.3) is 0 Å². The number of hydrogen-bond acceptors (Lipinski definition) is 11. The number of hydrogen-bond donors (Lipinski definition) is 3. The van der Waals surface area contributed by atoms with Gasteiger partial charge in [-0.15, -0.1) is 11.8 Å². The fraction of sp³-hybridized carbons (Fsp3) is 0.444. The molecular formula is C18H24N5O7PS. The minimum Gasteiger partial charge on any atom is -0.468 e. The van der Waals surface area contributed by atoms with Crippen molar-refractivity contribution in [2.45, 2.75) is 36.1 Å². The van der Waals surface area contributed by atoms with E-state index < -0.39 is 42.2 Å². The molecule has 0 unspecified atom stereocenters. The molecule has 1 aromatic heterocycles. The molecule has 174 valence electrons. The summed E-state index contributed by atoms with van der Waals surface area (Å²) in [4.78, 5) is 31.3. The average Bonchev–Trinajstić information content (AvgIpc) is 3.12. The molecule has 0 bridgehead atoms. The lowest BCUT2D eigenvalue weighted by molar-refractivity contribution is -0.142. The first kappa shape index (κ1) is 24.2. The quantitative estimate of drug-likeness (QED) is 0.340. The number of nitrogens with two attached hydrogens (primary N) is 1. The number of aliphatic hydroxyl groups excluding tert-OH is 1. The van der Waals surface area contributed by atoms with Crippen LogP contribution in [0.15, 0.2) is 41.5 Å². The third kappa shape index (κ3) is 6.08. The number of carbonyl (C=O) groups excluding carboxylic acids is 1. The number of thioether (sulfide) groups is 1. The van der Waals surface area contributed by atoms with Gasteiger partial charge in [0, 0.05) is 6.42 Å². The van der Waals surface area contributed by atoms with Crippen molar-refractivity contribution in [3.8, 4) is 5.75 Å². The number of carbonyl (C=O) groups is 1. The summed E-state index contributed by atoms with van der Waals surface area (Å²) in [6.45, 7) is 1.27. The predicted molar refractivity (Wildman–Crippen MR) is 117 cm³/mol. The molecule has 0 aliphatic carbocycles. The van der Waals surface area contributed by atoms with Gasteiger partial charge < -0.3 is 20.1 Å². The van der Waals surface area contributed by atoms with E-state index in [4.69, 9.17) is 14.8 Å². The van der Waals surface area contributed by atoms with Crippen molar-refractivity contribution in [2.75, 3.05) is 19.5 Å². The SMILES string of the molecule is COC(=O)[C@H](C)N[P@](=O)(OC[C@H]1S[C@@H](n2cnc(N)nc2=O)C[C@@H]1O)Oc1ccccc1. The summed E-state index contributed by atoms with van der Waals surface area (Å²) in [5, 5.41) is 12.0. The van der Waals surface area contributed by atoms with E-state index in [1.54, 1.807) is 30.3 Å². The Morgan fingerprint density at radius 1 is 1.44 bits per heavy atom. The molecule has 5 atom stereocenters. The number of anilines is 1. The molecule has 2 heterocycles. The number of esters is 1. The Morgan fingerprint density at radius 2 is 2.16 bits per heavy atom. The van der Waals surface area contributed by atoms with Crippen LogP contribution in [0, 0.1) is 0 Å². The molecule has 1 saturated heterocycles. The summed E-state index contributed by atoms with van der Waals surface area (Å²) in [6.07, 6.45) is 0.626. The van der Waals surface area contributed by atoms with Gasteiger partial charge in [0.25, 0.3) is 0 Å². The second kappa shape index (κ2) is 10.5. The first-order chi connectivity index (χ1) is 15.2. The highest BCUT2D eigenvalue weighted by molar-refractivity contribution is 8.00. The number of nitrogens with zero attached hydrogens (tertiary/aromatic N) is 3. The zero-order valence-electron chi connectivity index (χ0n) is 17.4. The van der Waals surface area contributed by atoms with Crippen LogP contribution in [-0.2, 0) is 18.6 Å². The molecule has 0 amide bonds. The lowest BCUT2D eigenvalue weighted by Crippen LogP contribution is -2.35. The van der Waals surface area contributed by atoms with E-state index in [0.717, 1.165) is 0 Å². The summed E-state index contributed by atoms with van der Waals surface area (Å²) >= 11 is 1.24. The van der Waals surface area contributed by atoms with Crippen LogP contribution in [0.3, 0.4) is 0 Å². The molecule has 1 fully saturated rings. The molecule has 1 aromatic carbocycles. The van der Waals surface area contributed by atoms with Crippen molar-refractivity contribution in [1.29, 1.82) is 0 Å². The minimum atomic E-state index is -4.04. The Bertz CT molecular complexity index is 1040. The molecule has 12 nitrogen and oxygen atoms in total.